The van der Waals surface area contributed by atoms with Gasteiger partial charge in [0.05, 0.1) is 15.7 Å². The quantitative estimate of drug-likeness (QED) is 0.545. The predicted molar refractivity (Wildman–Crippen MR) is 130 cm³/mol. The van der Waals surface area contributed by atoms with Gasteiger partial charge in [-0.2, -0.15) is 4.98 Å². The molecule has 7 nitrogen and oxygen atoms in total. The number of halogens is 2. The lowest BCUT2D eigenvalue weighted by atomic mass is 9.99. The van der Waals surface area contributed by atoms with Gasteiger partial charge in [-0.15, -0.1) is 0 Å². The number of para-hydroxylation sites is 1. The highest BCUT2D eigenvalue weighted by Crippen LogP contribution is 2.42. The highest BCUT2D eigenvalue weighted by atomic mass is 35.5. The van der Waals surface area contributed by atoms with Crippen molar-refractivity contribution in [3.63, 3.8) is 0 Å². The third kappa shape index (κ3) is 4.01. The Morgan fingerprint density at radius 3 is 2.64 bits per heavy atom. The maximum atomic E-state index is 13.4. The fourth-order valence-electron chi connectivity index (χ4n) is 4.27. The van der Waals surface area contributed by atoms with E-state index in [9.17, 15) is 4.79 Å². The normalized spacial score (nSPS) is 17.2. The maximum absolute atomic E-state index is 13.4. The van der Waals surface area contributed by atoms with Gasteiger partial charge in [0.25, 0.3) is 5.91 Å². The molecule has 1 amide bonds. The van der Waals surface area contributed by atoms with Crippen LogP contribution in [0, 0.1) is 0 Å². The van der Waals surface area contributed by atoms with Crippen LogP contribution in [0.25, 0.3) is 0 Å². The number of nitrogens with zero attached hydrogens (tertiary/aromatic N) is 4. The summed E-state index contributed by atoms with van der Waals surface area (Å²) in [6.07, 6.45) is 2.46. The maximum Gasteiger partial charge on any atom is 0.268 e. The van der Waals surface area contributed by atoms with E-state index >= 15 is 0 Å². The van der Waals surface area contributed by atoms with Crippen molar-refractivity contribution < 1.29 is 9.53 Å². The standard InChI is InChI=1S/C24H23Cl2N5O2/c1-24(2)31(20-18(25)5-4-6-19(20)26)22(32)17-12-27-23(29-21(17)33-24)28-16-8-7-15-13-30(3)10-9-14(15)11-16/h4-8,11-12H,9-10,13H2,1-3H3,(H,27,28,29). The van der Waals surface area contributed by atoms with Crippen LogP contribution in [0.3, 0.4) is 0 Å². The predicted octanol–water partition coefficient (Wildman–Crippen LogP) is 5.29. The molecule has 2 aliphatic rings. The largest absolute Gasteiger partial charge is 0.450 e. The Kier molecular flexibility index (Phi) is 5.43. The summed E-state index contributed by atoms with van der Waals surface area (Å²) in [4.78, 5) is 26.0. The first-order valence-corrected chi connectivity index (χ1v) is 11.4. The van der Waals surface area contributed by atoms with Gasteiger partial charge in [0.15, 0.2) is 5.72 Å². The molecule has 0 spiro atoms. The molecule has 33 heavy (non-hydrogen) atoms. The number of anilines is 3. The van der Waals surface area contributed by atoms with Gasteiger partial charge < -0.3 is 15.0 Å². The molecule has 0 fully saturated rings. The summed E-state index contributed by atoms with van der Waals surface area (Å²) < 4.78 is 6.14. The van der Waals surface area contributed by atoms with Crippen molar-refractivity contribution in [2.24, 2.45) is 0 Å². The monoisotopic (exact) mass is 483 g/mol. The Hall–Kier alpha value is -2.87. The molecular weight excluding hydrogens is 461 g/mol. The number of nitrogens with one attached hydrogen (secondary N) is 1. The molecule has 0 atom stereocenters. The summed E-state index contributed by atoms with van der Waals surface area (Å²) in [6, 6.07) is 11.4. The van der Waals surface area contributed by atoms with Crippen LogP contribution in [0.4, 0.5) is 17.3 Å². The number of fused-ring (bicyclic) bond motifs is 2. The molecule has 0 saturated carbocycles. The molecule has 170 valence electrons. The minimum absolute atomic E-state index is 0.210. The van der Waals surface area contributed by atoms with Crippen LogP contribution in [-0.4, -0.2) is 40.1 Å². The Labute approximate surface area is 202 Å². The number of hydrogen-bond acceptors (Lipinski definition) is 6. The highest BCUT2D eigenvalue weighted by molar-refractivity contribution is 6.40. The molecule has 0 bridgehead atoms. The Bertz CT molecular complexity index is 1240. The van der Waals surface area contributed by atoms with E-state index in [0.717, 1.165) is 25.2 Å². The summed E-state index contributed by atoms with van der Waals surface area (Å²) in [5.41, 5.74) is 3.10. The third-order valence-corrected chi connectivity index (χ3v) is 6.51. The number of carbonyl (C=O) groups is 1. The fourth-order valence-corrected chi connectivity index (χ4v) is 4.84. The molecule has 5 rings (SSSR count). The van der Waals surface area contributed by atoms with Crippen LogP contribution >= 0.6 is 23.2 Å². The minimum atomic E-state index is -1.07. The van der Waals surface area contributed by atoms with E-state index in [4.69, 9.17) is 27.9 Å². The SMILES string of the molecule is CN1CCc2cc(Nc3ncc4c(n3)OC(C)(C)N(c3c(Cl)cccc3Cl)C4=O)ccc2C1. The third-order valence-electron chi connectivity index (χ3n) is 5.90. The summed E-state index contributed by atoms with van der Waals surface area (Å²) in [6.45, 7) is 5.51. The molecule has 0 aliphatic carbocycles. The van der Waals surface area contributed by atoms with E-state index in [0.29, 0.717) is 21.7 Å². The number of benzene rings is 2. The zero-order chi connectivity index (χ0) is 23.3. The van der Waals surface area contributed by atoms with Gasteiger partial charge in [-0.25, -0.2) is 4.98 Å². The molecule has 2 aromatic carbocycles. The zero-order valence-electron chi connectivity index (χ0n) is 18.5. The molecule has 3 aromatic rings. The first kappa shape index (κ1) is 21.9. The molecule has 0 radical (unpaired) electrons. The van der Waals surface area contributed by atoms with Crippen LogP contribution in [0.1, 0.15) is 35.3 Å². The van der Waals surface area contributed by atoms with E-state index in [1.165, 1.54) is 22.2 Å². The van der Waals surface area contributed by atoms with E-state index in [1.807, 2.05) is 6.07 Å². The van der Waals surface area contributed by atoms with Crippen LogP contribution in [0.2, 0.25) is 10.0 Å². The fraction of sp³-hybridized carbons (Fsp3) is 0.292. The Balaban J connectivity index is 1.45. The van der Waals surface area contributed by atoms with Crippen molar-refractivity contribution in [2.75, 3.05) is 23.8 Å². The molecule has 2 aliphatic heterocycles. The lowest BCUT2D eigenvalue weighted by molar-refractivity contribution is 0.0606. The van der Waals surface area contributed by atoms with Crippen molar-refractivity contribution in [3.05, 3.63) is 69.3 Å². The average molecular weight is 484 g/mol. The zero-order valence-corrected chi connectivity index (χ0v) is 20.0. The number of hydrogen-bond donors (Lipinski definition) is 1. The van der Waals surface area contributed by atoms with Crippen LogP contribution in [0.15, 0.2) is 42.6 Å². The summed E-state index contributed by atoms with van der Waals surface area (Å²) in [5.74, 6) is 0.233. The summed E-state index contributed by atoms with van der Waals surface area (Å²) in [5, 5.41) is 3.95. The molecule has 1 aromatic heterocycles. The average Bonchev–Trinajstić information content (AvgIpc) is 2.75. The lowest BCUT2D eigenvalue weighted by Gasteiger charge is -2.42. The van der Waals surface area contributed by atoms with Gasteiger partial charge in [-0.1, -0.05) is 35.3 Å². The second-order valence-electron chi connectivity index (χ2n) is 8.77. The smallest absolute Gasteiger partial charge is 0.268 e. The summed E-state index contributed by atoms with van der Waals surface area (Å²) in [7, 11) is 2.12. The van der Waals surface area contributed by atoms with Gasteiger partial charge in [0.2, 0.25) is 11.8 Å². The number of rotatable bonds is 3. The topological polar surface area (TPSA) is 70.6 Å². The van der Waals surface area contributed by atoms with Crippen LogP contribution < -0.4 is 15.0 Å². The van der Waals surface area contributed by atoms with Crippen molar-refractivity contribution >= 4 is 46.4 Å². The van der Waals surface area contributed by atoms with Crippen molar-refractivity contribution in [3.8, 4) is 5.88 Å². The molecule has 3 heterocycles. The molecule has 0 saturated heterocycles. The minimum Gasteiger partial charge on any atom is -0.450 e. The van der Waals surface area contributed by atoms with E-state index < -0.39 is 5.72 Å². The van der Waals surface area contributed by atoms with E-state index in [-0.39, 0.29) is 17.4 Å². The number of carbonyl (C=O) groups excluding carboxylic acids is 1. The first-order valence-electron chi connectivity index (χ1n) is 10.6. The Morgan fingerprint density at radius 2 is 1.88 bits per heavy atom. The Morgan fingerprint density at radius 1 is 1.12 bits per heavy atom. The number of aromatic nitrogens is 2. The van der Waals surface area contributed by atoms with Crippen molar-refractivity contribution in [2.45, 2.75) is 32.5 Å². The second kappa shape index (κ2) is 8.17. The van der Waals surface area contributed by atoms with Crippen LogP contribution in [-0.2, 0) is 13.0 Å². The van der Waals surface area contributed by atoms with Gasteiger partial charge >= 0.3 is 0 Å². The molecule has 9 heteroatoms. The van der Waals surface area contributed by atoms with Gasteiger partial charge in [0, 0.05) is 25.0 Å². The molecular formula is C24H23Cl2N5O2. The lowest BCUT2D eigenvalue weighted by Crippen LogP contribution is -2.55. The van der Waals surface area contributed by atoms with Crippen LogP contribution in [0.5, 0.6) is 5.88 Å². The van der Waals surface area contributed by atoms with Gasteiger partial charge in [0.1, 0.15) is 5.56 Å². The first-order chi connectivity index (χ1) is 15.7. The summed E-state index contributed by atoms with van der Waals surface area (Å²) >= 11 is 12.8. The van der Waals surface area contributed by atoms with Gasteiger partial charge in [-0.05, 0) is 62.7 Å². The van der Waals surface area contributed by atoms with Gasteiger partial charge in [-0.3, -0.25) is 9.69 Å². The second-order valence-corrected chi connectivity index (χ2v) is 9.58. The highest BCUT2D eigenvalue weighted by Gasteiger charge is 2.43. The number of amides is 1. The molecule has 0 unspecified atom stereocenters. The van der Waals surface area contributed by atoms with E-state index in [1.54, 1.807) is 32.0 Å². The van der Waals surface area contributed by atoms with E-state index in [2.05, 4.69) is 39.4 Å². The molecule has 1 N–H and O–H groups in total. The number of likely N-dealkylation sites (N-methyl/N-ethyl adjacent to an activating group) is 1. The number of ether oxygens (including phenoxy) is 1. The van der Waals surface area contributed by atoms with Crippen molar-refractivity contribution in [1.82, 2.24) is 14.9 Å². The van der Waals surface area contributed by atoms with Crippen molar-refractivity contribution in [1.29, 1.82) is 0 Å².